The van der Waals surface area contributed by atoms with E-state index in [-0.39, 0.29) is 5.78 Å². The molecule has 0 bridgehead atoms. The molecule has 0 rings (SSSR count). The maximum atomic E-state index is 9.80. The zero-order chi connectivity index (χ0) is 4.99. The van der Waals surface area contributed by atoms with Gasteiger partial charge in [-0.1, -0.05) is 0 Å². The average Bonchev–Trinajstić information content (AvgIpc) is 1.35. The summed E-state index contributed by atoms with van der Waals surface area (Å²) in [5.74, 6) is 0.183. The lowest BCUT2D eigenvalue weighted by atomic mass is 10.5. The van der Waals surface area contributed by atoms with Crippen LogP contribution in [0.25, 0.3) is 0 Å². The predicted molar refractivity (Wildman–Crippen MR) is 27.7 cm³/mol. The van der Waals surface area contributed by atoms with Gasteiger partial charge >= 0.3 is 0 Å². The first-order valence-electron chi connectivity index (χ1n) is 1.54. The molecule has 0 spiro atoms. The van der Waals surface area contributed by atoms with E-state index in [0.717, 1.165) is 0 Å². The zero-order valence-corrected chi connectivity index (χ0v) is 4.42. The number of ketones is 1. The smallest absolute Gasteiger partial charge is 0.147 e. The fourth-order valence-electron chi connectivity index (χ4n) is 0.142. The number of carbonyl (C=O) groups excluding carboxylic acids is 1. The molecule has 0 amide bonds. The standard InChI is InChI=1S/C4H6OS/c1-4(5)3-6-2/h1H,3H2,2H3. The summed E-state index contributed by atoms with van der Waals surface area (Å²) in [4.78, 5) is 9.80. The fraction of sp³-hybridized carbons (Fsp3) is 0.500. The second-order valence-electron chi connectivity index (χ2n) is 0.899. The predicted octanol–water partition coefficient (Wildman–Crippen LogP) is 0.630. The molecule has 1 nitrogen and oxygen atoms in total. The van der Waals surface area contributed by atoms with Gasteiger partial charge in [0.1, 0.15) is 5.78 Å². The summed E-state index contributed by atoms with van der Waals surface area (Å²) in [5.41, 5.74) is 0. The van der Waals surface area contributed by atoms with Crippen LogP contribution in [0.3, 0.4) is 0 Å². The Kier molecular flexibility index (Phi) is 3.23. The van der Waals surface area contributed by atoms with Crippen LogP contribution in [0.1, 0.15) is 0 Å². The highest BCUT2D eigenvalue weighted by molar-refractivity contribution is 7.99. The van der Waals surface area contributed by atoms with Crippen LogP contribution < -0.4 is 0 Å². The van der Waals surface area contributed by atoms with Crippen LogP contribution in [0.15, 0.2) is 0 Å². The van der Waals surface area contributed by atoms with Gasteiger partial charge in [0.25, 0.3) is 0 Å². The summed E-state index contributed by atoms with van der Waals surface area (Å²) >= 11 is 1.44. The van der Waals surface area contributed by atoms with Crippen LogP contribution in [0, 0.1) is 6.92 Å². The molecule has 0 aliphatic heterocycles. The monoisotopic (exact) mass is 102 g/mol. The Hall–Kier alpha value is 0.0200. The van der Waals surface area contributed by atoms with Gasteiger partial charge in [-0.2, -0.15) is 11.8 Å². The molecule has 0 aromatic rings. The van der Waals surface area contributed by atoms with Crippen molar-refractivity contribution in [2.75, 3.05) is 12.0 Å². The van der Waals surface area contributed by atoms with Gasteiger partial charge in [-0.3, -0.25) is 4.79 Å². The number of hydrogen-bond donors (Lipinski definition) is 0. The van der Waals surface area contributed by atoms with Gasteiger partial charge < -0.3 is 0 Å². The molecule has 6 heavy (non-hydrogen) atoms. The van der Waals surface area contributed by atoms with E-state index in [9.17, 15) is 4.79 Å². The van der Waals surface area contributed by atoms with Gasteiger partial charge in [-0.05, 0) is 6.26 Å². The van der Waals surface area contributed by atoms with Gasteiger partial charge in [0.2, 0.25) is 0 Å². The third-order valence-electron chi connectivity index (χ3n) is 0.287. The molecule has 2 heteroatoms. The van der Waals surface area contributed by atoms with Crippen molar-refractivity contribution in [3.63, 3.8) is 0 Å². The summed E-state index contributed by atoms with van der Waals surface area (Å²) in [7, 11) is 0. The molecule has 34 valence electrons. The minimum absolute atomic E-state index is 0.248. The summed E-state index contributed by atoms with van der Waals surface area (Å²) in [6.45, 7) is 4.74. The molecule has 0 atom stereocenters. The largest absolute Gasteiger partial charge is 0.298 e. The molecule has 0 fully saturated rings. The van der Waals surface area contributed by atoms with E-state index in [4.69, 9.17) is 6.92 Å². The highest BCUT2D eigenvalue weighted by Gasteiger charge is 1.84. The fourth-order valence-corrected chi connectivity index (χ4v) is 0.427. The molecule has 0 heterocycles. The lowest BCUT2D eigenvalue weighted by Gasteiger charge is -1.80. The minimum Gasteiger partial charge on any atom is -0.298 e. The molecule has 0 N–H and O–H groups in total. The summed E-state index contributed by atoms with van der Waals surface area (Å²) in [5, 5.41) is 0. The molecule has 0 aliphatic carbocycles. The molecule has 0 saturated heterocycles. The van der Waals surface area contributed by atoms with E-state index in [1.54, 1.807) is 0 Å². The van der Waals surface area contributed by atoms with Gasteiger partial charge in [0.05, 0.1) is 5.75 Å². The van der Waals surface area contributed by atoms with Gasteiger partial charge in [-0.15, -0.1) is 0 Å². The van der Waals surface area contributed by atoms with Gasteiger partial charge in [0.15, 0.2) is 0 Å². The molecule has 0 aliphatic rings. The van der Waals surface area contributed by atoms with Crippen molar-refractivity contribution < 1.29 is 4.79 Å². The van der Waals surface area contributed by atoms with Crippen molar-refractivity contribution in [1.29, 1.82) is 0 Å². The second kappa shape index (κ2) is 3.22. The third kappa shape index (κ3) is 4.02. The van der Waals surface area contributed by atoms with Crippen molar-refractivity contribution in [2.45, 2.75) is 0 Å². The molecular weight excluding hydrogens is 96.1 g/mol. The van der Waals surface area contributed by atoms with E-state index >= 15 is 0 Å². The first-order valence-corrected chi connectivity index (χ1v) is 2.94. The molecule has 0 saturated carbocycles. The quantitative estimate of drug-likeness (QED) is 0.508. The maximum Gasteiger partial charge on any atom is 0.147 e. The van der Waals surface area contributed by atoms with E-state index in [1.807, 2.05) is 6.26 Å². The van der Waals surface area contributed by atoms with E-state index in [1.165, 1.54) is 11.8 Å². The Morgan fingerprint density at radius 3 is 2.50 bits per heavy atom. The summed E-state index contributed by atoms with van der Waals surface area (Å²) in [6, 6.07) is 0. The Balaban J connectivity index is 2.83. The molecule has 0 aromatic carbocycles. The Morgan fingerprint density at radius 2 is 2.50 bits per heavy atom. The van der Waals surface area contributed by atoms with Crippen molar-refractivity contribution in [2.24, 2.45) is 0 Å². The summed E-state index contributed by atoms with van der Waals surface area (Å²) < 4.78 is 0. The SMILES string of the molecule is [CH]C(=O)CSC. The number of carbonyl (C=O) groups is 1. The maximum absolute atomic E-state index is 9.80. The van der Waals surface area contributed by atoms with E-state index in [0.29, 0.717) is 5.75 Å². The highest BCUT2D eigenvalue weighted by Crippen LogP contribution is 1.88. The van der Waals surface area contributed by atoms with Crippen LogP contribution in [-0.4, -0.2) is 17.8 Å². The lowest BCUT2D eigenvalue weighted by Crippen LogP contribution is -1.90. The van der Waals surface area contributed by atoms with E-state index < -0.39 is 0 Å². The van der Waals surface area contributed by atoms with Crippen LogP contribution in [0.4, 0.5) is 0 Å². The third-order valence-corrected chi connectivity index (χ3v) is 0.860. The van der Waals surface area contributed by atoms with Crippen LogP contribution in [-0.2, 0) is 4.79 Å². The van der Waals surface area contributed by atoms with Crippen molar-refractivity contribution >= 4 is 17.5 Å². The highest BCUT2D eigenvalue weighted by atomic mass is 32.2. The van der Waals surface area contributed by atoms with Crippen molar-refractivity contribution in [3.8, 4) is 0 Å². The molecular formula is C4H6OS. The van der Waals surface area contributed by atoms with Crippen LogP contribution >= 0.6 is 11.8 Å². The van der Waals surface area contributed by atoms with Gasteiger partial charge in [0, 0.05) is 6.92 Å². The number of rotatable bonds is 2. The first kappa shape index (κ1) is 6.02. The molecule has 0 aromatic heterocycles. The normalized spacial score (nSPS) is 8.33. The number of thioether (sulfide) groups is 1. The first-order chi connectivity index (χ1) is 2.77. The topological polar surface area (TPSA) is 17.1 Å². The summed E-state index contributed by atoms with van der Waals surface area (Å²) in [6.07, 6.45) is 1.84. The van der Waals surface area contributed by atoms with Crippen molar-refractivity contribution in [3.05, 3.63) is 6.92 Å². The van der Waals surface area contributed by atoms with Crippen LogP contribution in [0.2, 0.25) is 0 Å². The number of Topliss-reactive ketones (excluding diaryl/α,β-unsaturated/α-hetero) is 1. The molecule has 2 radical (unpaired) electrons. The Bertz CT molecular complexity index is 51.5. The Labute approximate surface area is 42.1 Å². The second-order valence-corrected chi connectivity index (χ2v) is 1.77. The zero-order valence-electron chi connectivity index (χ0n) is 3.60. The van der Waals surface area contributed by atoms with Crippen LogP contribution in [0.5, 0.6) is 0 Å². The van der Waals surface area contributed by atoms with Gasteiger partial charge in [-0.25, -0.2) is 0 Å². The van der Waals surface area contributed by atoms with Crippen molar-refractivity contribution in [1.82, 2.24) is 0 Å². The minimum atomic E-state index is -0.248. The molecule has 0 unspecified atom stereocenters. The van der Waals surface area contributed by atoms with E-state index in [2.05, 4.69) is 0 Å². The average molecular weight is 102 g/mol. The number of hydrogen-bond acceptors (Lipinski definition) is 2. The lowest BCUT2D eigenvalue weighted by molar-refractivity contribution is -0.112. The Morgan fingerprint density at radius 1 is 2.00 bits per heavy atom.